The van der Waals surface area contributed by atoms with Gasteiger partial charge in [-0.1, -0.05) is 19.1 Å². The number of phenols is 1. The standard InChI is InChI=1S/C18H18N4O6/c1-3-11-4-6-13(7-5-11)20-17(24)18(25)21-19-10-12-8-14(22(26)27)16(23)15(9-12)28-2/h4-10,23H,3H2,1-2H3,(H,20,24)(H,21,25)/b19-10-. The molecule has 0 aliphatic heterocycles. The van der Waals surface area contributed by atoms with Gasteiger partial charge in [-0.2, -0.15) is 5.10 Å². The molecule has 2 aromatic rings. The van der Waals surface area contributed by atoms with Crippen LogP contribution in [0.5, 0.6) is 11.5 Å². The Morgan fingerprint density at radius 1 is 1.25 bits per heavy atom. The van der Waals surface area contributed by atoms with E-state index in [0.29, 0.717) is 5.69 Å². The smallest absolute Gasteiger partial charge is 0.329 e. The lowest BCUT2D eigenvalue weighted by molar-refractivity contribution is -0.386. The van der Waals surface area contributed by atoms with Gasteiger partial charge in [0.2, 0.25) is 5.75 Å². The zero-order chi connectivity index (χ0) is 20.7. The molecule has 0 heterocycles. The van der Waals surface area contributed by atoms with Crippen molar-refractivity contribution in [2.75, 3.05) is 12.4 Å². The molecule has 0 aromatic heterocycles. The van der Waals surface area contributed by atoms with Crippen LogP contribution < -0.4 is 15.5 Å². The Morgan fingerprint density at radius 2 is 1.93 bits per heavy atom. The van der Waals surface area contributed by atoms with Crippen molar-refractivity contribution in [3.8, 4) is 11.5 Å². The number of amides is 2. The summed E-state index contributed by atoms with van der Waals surface area (Å²) >= 11 is 0. The van der Waals surface area contributed by atoms with Crippen LogP contribution in [0, 0.1) is 10.1 Å². The zero-order valence-electron chi connectivity index (χ0n) is 15.1. The number of nitro benzene ring substituents is 1. The number of hydrogen-bond acceptors (Lipinski definition) is 7. The quantitative estimate of drug-likeness (QED) is 0.300. The number of methoxy groups -OCH3 is 1. The van der Waals surface area contributed by atoms with Crippen molar-refractivity contribution in [1.82, 2.24) is 5.43 Å². The summed E-state index contributed by atoms with van der Waals surface area (Å²) in [5.74, 6) is -2.69. The SMILES string of the molecule is CCc1ccc(NC(=O)C(=O)N/N=C\c2cc(OC)c(O)c([N+](=O)[O-])c2)cc1. The molecule has 0 fully saturated rings. The van der Waals surface area contributed by atoms with Crippen LogP contribution in [0.25, 0.3) is 0 Å². The second-order valence-corrected chi connectivity index (χ2v) is 5.55. The minimum atomic E-state index is -1.02. The number of nitro groups is 1. The van der Waals surface area contributed by atoms with Gasteiger partial charge in [0, 0.05) is 17.3 Å². The van der Waals surface area contributed by atoms with Gasteiger partial charge in [-0.15, -0.1) is 0 Å². The minimum Gasteiger partial charge on any atom is -0.500 e. The van der Waals surface area contributed by atoms with Crippen LogP contribution in [-0.4, -0.2) is 35.2 Å². The van der Waals surface area contributed by atoms with E-state index < -0.39 is 28.2 Å². The first-order valence-electron chi connectivity index (χ1n) is 8.14. The van der Waals surface area contributed by atoms with E-state index in [0.717, 1.165) is 24.3 Å². The van der Waals surface area contributed by atoms with E-state index in [9.17, 15) is 24.8 Å². The third-order valence-electron chi connectivity index (χ3n) is 3.70. The molecule has 0 aliphatic carbocycles. The van der Waals surface area contributed by atoms with Gasteiger partial charge in [-0.3, -0.25) is 19.7 Å². The number of rotatable bonds is 6. The second-order valence-electron chi connectivity index (χ2n) is 5.55. The van der Waals surface area contributed by atoms with E-state index in [4.69, 9.17) is 4.74 Å². The highest BCUT2D eigenvalue weighted by Crippen LogP contribution is 2.36. The summed E-state index contributed by atoms with van der Waals surface area (Å²) in [6.07, 6.45) is 1.93. The Hall–Kier alpha value is -3.95. The highest BCUT2D eigenvalue weighted by Gasteiger charge is 2.19. The Labute approximate surface area is 160 Å². The van der Waals surface area contributed by atoms with Crippen molar-refractivity contribution in [2.45, 2.75) is 13.3 Å². The monoisotopic (exact) mass is 386 g/mol. The third-order valence-corrected chi connectivity index (χ3v) is 3.70. The number of phenolic OH excluding ortho intramolecular Hbond substituents is 1. The summed E-state index contributed by atoms with van der Waals surface area (Å²) in [7, 11) is 1.23. The van der Waals surface area contributed by atoms with Crippen molar-refractivity contribution in [2.24, 2.45) is 5.10 Å². The largest absolute Gasteiger partial charge is 0.500 e. The zero-order valence-corrected chi connectivity index (χ0v) is 15.1. The third kappa shape index (κ3) is 5.04. The maximum Gasteiger partial charge on any atom is 0.329 e. The molecule has 0 unspecified atom stereocenters. The summed E-state index contributed by atoms with van der Waals surface area (Å²) < 4.78 is 4.86. The van der Waals surface area contributed by atoms with Gasteiger partial charge in [0.25, 0.3) is 0 Å². The topological polar surface area (TPSA) is 143 Å². The van der Waals surface area contributed by atoms with Crippen LogP contribution in [0.1, 0.15) is 18.1 Å². The first-order valence-corrected chi connectivity index (χ1v) is 8.14. The molecule has 2 amide bonds. The number of aromatic hydroxyl groups is 1. The molecule has 10 heteroatoms. The molecule has 0 saturated heterocycles. The first kappa shape index (κ1) is 20.4. The first-order chi connectivity index (χ1) is 13.3. The molecule has 0 atom stereocenters. The van der Waals surface area contributed by atoms with Gasteiger partial charge in [0.1, 0.15) is 0 Å². The van der Waals surface area contributed by atoms with Crippen LogP contribution in [0.3, 0.4) is 0 Å². The fourth-order valence-corrected chi connectivity index (χ4v) is 2.21. The number of hydrogen-bond donors (Lipinski definition) is 3. The van der Waals surface area contributed by atoms with Gasteiger partial charge in [-0.25, -0.2) is 5.43 Å². The fraction of sp³-hybridized carbons (Fsp3) is 0.167. The molecular weight excluding hydrogens is 368 g/mol. The van der Waals surface area contributed by atoms with E-state index in [2.05, 4.69) is 10.4 Å². The molecule has 0 aliphatic rings. The Bertz CT molecular complexity index is 924. The lowest BCUT2D eigenvalue weighted by Crippen LogP contribution is -2.32. The number of benzene rings is 2. The molecule has 3 N–H and O–H groups in total. The number of ether oxygens (including phenoxy) is 1. The van der Waals surface area contributed by atoms with Crippen LogP contribution in [-0.2, 0) is 16.0 Å². The number of hydrazone groups is 1. The van der Waals surface area contributed by atoms with E-state index in [1.165, 1.54) is 13.2 Å². The van der Waals surface area contributed by atoms with Gasteiger partial charge in [-0.05, 0) is 30.2 Å². The molecular formula is C18H18N4O6. The fourth-order valence-electron chi connectivity index (χ4n) is 2.21. The summed E-state index contributed by atoms with van der Waals surface area (Å²) in [5.41, 5.74) is 3.16. The van der Waals surface area contributed by atoms with E-state index in [1.54, 1.807) is 12.1 Å². The van der Waals surface area contributed by atoms with E-state index >= 15 is 0 Å². The molecule has 0 saturated carbocycles. The minimum absolute atomic E-state index is 0.129. The second kappa shape index (κ2) is 9.12. The Morgan fingerprint density at radius 3 is 2.50 bits per heavy atom. The highest BCUT2D eigenvalue weighted by molar-refractivity contribution is 6.39. The molecule has 2 rings (SSSR count). The predicted molar refractivity (Wildman–Crippen MR) is 101 cm³/mol. The van der Waals surface area contributed by atoms with Crippen molar-refractivity contribution < 1.29 is 24.4 Å². The van der Waals surface area contributed by atoms with Gasteiger partial charge in [0.15, 0.2) is 5.75 Å². The van der Waals surface area contributed by atoms with Crippen LogP contribution in [0.15, 0.2) is 41.5 Å². The summed E-state index contributed by atoms with van der Waals surface area (Å²) in [4.78, 5) is 33.8. The predicted octanol–water partition coefficient (Wildman–Crippen LogP) is 1.96. The van der Waals surface area contributed by atoms with Crippen molar-refractivity contribution in [3.63, 3.8) is 0 Å². The summed E-state index contributed by atoms with van der Waals surface area (Å²) in [5, 5.41) is 26.7. The number of nitrogens with one attached hydrogen (secondary N) is 2. The lowest BCUT2D eigenvalue weighted by Gasteiger charge is -2.06. The van der Waals surface area contributed by atoms with Crippen LogP contribution in [0.2, 0.25) is 0 Å². The normalized spacial score (nSPS) is 10.5. The Balaban J connectivity index is 2.03. The average molecular weight is 386 g/mol. The summed E-state index contributed by atoms with van der Waals surface area (Å²) in [6.45, 7) is 2.00. The molecule has 0 radical (unpaired) electrons. The maximum absolute atomic E-state index is 11.9. The van der Waals surface area contributed by atoms with Crippen LogP contribution >= 0.6 is 0 Å². The van der Waals surface area contributed by atoms with Gasteiger partial charge in [0.05, 0.1) is 18.2 Å². The van der Waals surface area contributed by atoms with E-state index in [1.807, 2.05) is 24.5 Å². The molecule has 28 heavy (non-hydrogen) atoms. The number of carbonyl (C=O) groups is 2. The maximum atomic E-state index is 11.9. The van der Waals surface area contributed by atoms with Crippen molar-refractivity contribution in [1.29, 1.82) is 0 Å². The van der Waals surface area contributed by atoms with Gasteiger partial charge >= 0.3 is 17.5 Å². The molecule has 0 bridgehead atoms. The van der Waals surface area contributed by atoms with Crippen molar-refractivity contribution in [3.05, 3.63) is 57.6 Å². The summed E-state index contributed by atoms with van der Waals surface area (Å²) in [6, 6.07) is 9.34. The van der Waals surface area contributed by atoms with Crippen molar-refractivity contribution >= 4 is 29.4 Å². The number of aryl methyl sites for hydroxylation is 1. The van der Waals surface area contributed by atoms with Crippen LogP contribution in [0.4, 0.5) is 11.4 Å². The number of carbonyl (C=O) groups excluding carboxylic acids is 2. The Kier molecular flexibility index (Phi) is 6.63. The molecule has 0 spiro atoms. The lowest BCUT2D eigenvalue weighted by atomic mass is 10.1. The average Bonchev–Trinajstić information content (AvgIpc) is 2.69. The number of nitrogens with zero attached hydrogens (tertiary/aromatic N) is 2. The molecule has 10 nitrogen and oxygen atoms in total. The number of anilines is 1. The highest BCUT2D eigenvalue weighted by atomic mass is 16.6. The molecule has 2 aromatic carbocycles. The van der Waals surface area contributed by atoms with Gasteiger partial charge < -0.3 is 15.2 Å². The molecule has 146 valence electrons. The van der Waals surface area contributed by atoms with E-state index in [-0.39, 0.29) is 11.3 Å².